The van der Waals surface area contributed by atoms with E-state index in [2.05, 4.69) is 27.6 Å². The Balaban J connectivity index is 1.98. The molecule has 1 fully saturated rings. The van der Waals surface area contributed by atoms with E-state index in [1.54, 1.807) is 6.07 Å². The highest BCUT2D eigenvalue weighted by molar-refractivity contribution is 5.50. The number of nitrogen functional groups attached to an aromatic ring is 2. The molecule has 0 unspecified atom stereocenters. The second kappa shape index (κ2) is 5.39. The molecule has 1 heterocycles. The fourth-order valence-electron chi connectivity index (χ4n) is 2.52. The quantitative estimate of drug-likeness (QED) is 0.479. The van der Waals surface area contributed by atoms with Gasteiger partial charge in [0.05, 0.1) is 0 Å². The number of nitrogens with one attached hydrogen (secondary N) is 2. The summed E-state index contributed by atoms with van der Waals surface area (Å²) in [6, 6.07) is 1.77. The van der Waals surface area contributed by atoms with E-state index in [1.807, 2.05) is 0 Å². The van der Waals surface area contributed by atoms with Gasteiger partial charge in [0.15, 0.2) is 0 Å². The summed E-state index contributed by atoms with van der Waals surface area (Å²) in [5.41, 5.74) is 8.46. The van der Waals surface area contributed by atoms with Crippen molar-refractivity contribution < 1.29 is 0 Å². The van der Waals surface area contributed by atoms with Crippen LogP contribution in [-0.4, -0.2) is 16.5 Å². The van der Waals surface area contributed by atoms with Gasteiger partial charge in [0.1, 0.15) is 11.6 Å². The maximum Gasteiger partial charge on any atom is 0.223 e. The van der Waals surface area contributed by atoms with Crippen molar-refractivity contribution in [3.8, 4) is 0 Å². The smallest absolute Gasteiger partial charge is 0.223 e. The van der Waals surface area contributed by atoms with Crippen molar-refractivity contribution in [2.75, 3.05) is 23.0 Å². The molecule has 0 radical (unpaired) electrons. The van der Waals surface area contributed by atoms with E-state index in [0.717, 1.165) is 12.4 Å². The molecule has 0 atom stereocenters. The molecule has 1 aliphatic carbocycles. The molecule has 0 amide bonds. The Morgan fingerprint density at radius 2 is 1.89 bits per heavy atom. The van der Waals surface area contributed by atoms with E-state index in [9.17, 15) is 0 Å². The molecule has 0 saturated heterocycles. The molecule has 0 spiro atoms. The van der Waals surface area contributed by atoms with Gasteiger partial charge in [0, 0.05) is 12.6 Å². The van der Waals surface area contributed by atoms with Gasteiger partial charge in [-0.2, -0.15) is 9.97 Å². The molecule has 0 aliphatic heterocycles. The second-order valence-corrected chi connectivity index (χ2v) is 5.37. The van der Waals surface area contributed by atoms with Crippen LogP contribution in [0.2, 0.25) is 0 Å². The minimum Gasteiger partial charge on any atom is -0.369 e. The van der Waals surface area contributed by atoms with Crippen molar-refractivity contribution in [2.45, 2.75) is 39.0 Å². The number of rotatable bonds is 4. The Bertz CT molecular complexity index is 400. The minimum absolute atomic E-state index is 0.224. The zero-order chi connectivity index (χ0) is 13.0. The molecule has 1 saturated carbocycles. The Morgan fingerprint density at radius 1 is 1.22 bits per heavy atom. The van der Waals surface area contributed by atoms with Gasteiger partial charge in [-0.1, -0.05) is 26.2 Å². The molecule has 1 aromatic heterocycles. The van der Waals surface area contributed by atoms with Crippen molar-refractivity contribution >= 4 is 17.6 Å². The predicted octanol–water partition coefficient (Wildman–Crippen LogP) is 1.73. The minimum atomic E-state index is 0.224. The summed E-state index contributed by atoms with van der Waals surface area (Å²) in [7, 11) is 0. The Morgan fingerprint density at radius 3 is 2.56 bits per heavy atom. The van der Waals surface area contributed by atoms with Crippen LogP contribution in [-0.2, 0) is 0 Å². The van der Waals surface area contributed by atoms with Gasteiger partial charge < -0.3 is 16.5 Å². The molecule has 0 aromatic carbocycles. The number of nitrogens with two attached hydrogens (primary N) is 2. The van der Waals surface area contributed by atoms with Crippen LogP contribution in [0.5, 0.6) is 0 Å². The van der Waals surface area contributed by atoms with Crippen LogP contribution in [0.15, 0.2) is 6.07 Å². The molecule has 1 aliphatic rings. The first-order valence-electron chi connectivity index (χ1n) is 6.46. The molecule has 0 bridgehead atoms. The van der Waals surface area contributed by atoms with Crippen molar-refractivity contribution in [3.05, 3.63) is 6.07 Å². The Labute approximate surface area is 108 Å². The molecule has 6 heteroatoms. The lowest BCUT2D eigenvalue weighted by Gasteiger charge is -2.33. The van der Waals surface area contributed by atoms with Crippen LogP contribution >= 0.6 is 0 Å². The standard InChI is InChI=1S/C12H22N6/c1-12(5-3-2-4-6-12)8-15-9-7-10(18-14)17-11(13)16-9/h7H,2-6,8,14H2,1H3,(H4,13,15,16,17,18). The number of nitrogens with zero attached hydrogens (tertiary/aromatic N) is 2. The topological polar surface area (TPSA) is 102 Å². The van der Waals surface area contributed by atoms with Gasteiger partial charge >= 0.3 is 0 Å². The molecular weight excluding hydrogens is 228 g/mol. The van der Waals surface area contributed by atoms with Crippen LogP contribution in [0, 0.1) is 5.41 Å². The lowest BCUT2D eigenvalue weighted by Crippen LogP contribution is -2.29. The van der Waals surface area contributed by atoms with Crippen molar-refractivity contribution in [1.29, 1.82) is 0 Å². The van der Waals surface area contributed by atoms with Crippen molar-refractivity contribution in [2.24, 2.45) is 11.3 Å². The molecule has 6 N–H and O–H groups in total. The molecule has 2 rings (SSSR count). The van der Waals surface area contributed by atoms with E-state index in [1.165, 1.54) is 32.1 Å². The summed E-state index contributed by atoms with van der Waals surface area (Å²) in [4.78, 5) is 8.11. The second-order valence-electron chi connectivity index (χ2n) is 5.37. The molecule has 1 aromatic rings. The fraction of sp³-hybridized carbons (Fsp3) is 0.667. The summed E-state index contributed by atoms with van der Waals surface area (Å²) in [5, 5.41) is 3.34. The summed E-state index contributed by atoms with van der Waals surface area (Å²) in [5.74, 6) is 6.80. The molecule has 100 valence electrons. The average Bonchev–Trinajstić information content (AvgIpc) is 2.37. The Kier molecular flexibility index (Phi) is 3.86. The summed E-state index contributed by atoms with van der Waals surface area (Å²) in [6.45, 7) is 3.24. The number of aromatic nitrogens is 2. The fourth-order valence-corrected chi connectivity index (χ4v) is 2.52. The summed E-state index contributed by atoms with van der Waals surface area (Å²) >= 11 is 0. The number of hydrazine groups is 1. The molecule has 18 heavy (non-hydrogen) atoms. The normalized spacial score (nSPS) is 18.3. The van der Waals surface area contributed by atoms with E-state index < -0.39 is 0 Å². The number of hydrogen-bond donors (Lipinski definition) is 4. The largest absolute Gasteiger partial charge is 0.369 e. The van der Waals surface area contributed by atoms with Crippen LogP contribution in [0.25, 0.3) is 0 Å². The maximum absolute atomic E-state index is 5.62. The lowest BCUT2D eigenvalue weighted by molar-refractivity contribution is 0.233. The monoisotopic (exact) mass is 250 g/mol. The van der Waals surface area contributed by atoms with Gasteiger partial charge in [0.25, 0.3) is 0 Å². The van der Waals surface area contributed by atoms with E-state index in [-0.39, 0.29) is 5.95 Å². The highest BCUT2D eigenvalue weighted by atomic mass is 15.3. The number of hydrogen-bond acceptors (Lipinski definition) is 6. The SMILES string of the molecule is CC1(CNc2cc(NN)nc(N)n2)CCCCC1. The van der Waals surface area contributed by atoms with Gasteiger partial charge in [-0.25, -0.2) is 5.84 Å². The van der Waals surface area contributed by atoms with Gasteiger partial charge in [0.2, 0.25) is 5.95 Å². The zero-order valence-corrected chi connectivity index (χ0v) is 10.9. The van der Waals surface area contributed by atoms with Crippen LogP contribution in [0.3, 0.4) is 0 Å². The van der Waals surface area contributed by atoms with E-state index in [4.69, 9.17) is 11.6 Å². The highest BCUT2D eigenvalue weighted by Gasteiger charge is 2.26. The summed E-state index contributed by atoms with van der Waals surface area (Å²) < 4.78 is 0. The van der Waals surface area contributed by atoms with Gasteiger partial charge in [-0.05, 0) is 18.3 Å². The van der Waals surface area contributed by atoms with E-state index in [0.29, 0.717) is 11.2 Å². The van der Waals surface area contributed by atoms with E-state index >= 15 is 0 Å². The maximum atomic E-state index is 5.62. The first-order chi connectivity index (χ1) is 8.61. The third-order valence-electron chi connectivity index (χ3n) is 3.65. The van der Waals surface area contributed by atoms with Crippen LogP contribution < -0.4 is 22.3 Å². The van der Waals surface area contributed by atoms with Gasteiger partial charge in [-0.15, -0.1) is 0 Å². The first kappa shape index (κ1) is 12.9. The van der Waals surface area contributed by atoms with Crippen molar-refractivity contribution in [1.82, 2.24) is 9.97 Å². The van der Waals surface area contributed by atoms with Crippen LogP contribution in [0.4, 0.5) is 17.6 Å². The highest BCUT2D eigenvalue weighted by Crippen LogP contribution is 2.35. The summed E-state index contributed by atoms with van der Waals surface area (Å²) in [6.07, 6.45) is 6.53. The first-order valence-corrected chi connectivity index (χ1v) is 6.46. The number of anilines is 3. The third-order valence-corrected chi connectivity index (χ3v) is 3.65. The van der Waals surface area contributed by atoms with Crippen molar-refractivity contribution in [3.63, 3.8) is 0 Å². The molecule has 6 nitrogen and oxygen atoms in total. The third kappa shape index (κ3) is 3.22. The van der Waals surface area contributed by atoms with Crippen LogP contribution in [0.1, 0.15) is 39.0 Å². The zero-order valence-electron chi connectivity index (χ0n) is 10.9. The lowest BCUT2D eigenvalue weighted by atomic mass is 9.76. The molecular formula is C12H22N6. The van der Waals surface area contributed by atoms with Gasteiger partial charge in [-0.3, -0.25) is 0 Å². The Hall–Kier alpha value is -1.56. The predicted molar refractivity (Wildman–Crippen MR) is 73.9 cm³/mol. The average molecular weight is 250 g/mol.